The van der Waals surface area contributed by atoms with Crippen LogP contribution in [0, 0.1) is 5.82 Å². The zero-order valence-corrected chi connectivity index (χ0v) is 19.4. The van der Waals surface area contributed by atoms with E-state index < -0.39 is 23.7 Å². The highest BCUT2D eigenvalue weighted by Crippen LogP contribution is 2.30. The van der Waals surface area contributed by atoms with E-state index in [0.717, 1.165) is 11.6 Å². The van der Waals surface area contributed by atoms with E-state index in [1.807, 2.05) is 5.32 Å². The molecule has 34 heavy (non-hydrogen) atoms. The van der Waals surface area contributed by atoms with Crippen LogP contribution in [-0.4, -0.2) is 17.8 Å². The van der Waals surface area contributed by atoms with Gasteiger partial charge in [-0.15, -0.1) is 0 Å². The quantitative estimate of drug-likeness (QED) is 0.330. The van der Waals surface area contributed by atoms with Gasteiger partial charge in [0.2, 0.25) is 0 Å². The van der Waals surface area contributed by atoms with Crippen molar-refractivity contribution in [2.24, 2.45) is 0 Å². The Morgan fingerprint density at radius 1 is 0.912 bits per heavy atom. The molecule has 0 unspecified atom stereocenters. The van der Waals surface area contributed by atoms with Crippen molar-refractivity contribution < 1.29 is 23.5 Å². The maximum atomic E-state index is 14.2. The van der Waals surface area contributed by atoms with Crippen molar-refractivity contribution in [2.75, 3.05) is 4.90 Å². The van der Waals surface area contributed by atoms with Crippen LogP contribution in [0.2, 0.25) is 15.1 Å². The van der Waals surface area contributed by atoms with Gasteiger partial charge in [0, 0.05) is 0 Å². The number of amides is 4. The summed E-state index contributed by atoms with van der Waals surface area (Å²) in [5.41, 5.74) is 0.545. The minimum atomic E-state index is -1.04. The number of barbiturate groups is 1. The van der Waals surface area contributed by atoms with Crippen LogP contribution in [0.1, 0.15) is 11.1 Å². The summed E-state index contributed by atoms with van der Waals surface area (Å²) in [5.74, 6) is -2.29. The highest BCUT2D eigenvalue weighted by Gasteiger charge is 2.37. The molecule has 1 fully saturated rings. The topological polar surface area (TPSA) is 75.7 Å². The first-order valence-corrected chi connectivity index (χ1v) is 10.9. The second kappa shape index (κ2) is 9.85. The van der Waals surface area contributed by atoms with E-state index >= 15 is 0 Å². The molecule has 3 aromatic carbocycles. The average Bonchev–Trinajstić information content (AvgIpc) is 2.79. The van der Waals surface area contributed by atoms with E-state index in [4.69, 9.17) is 39.5 Å². The lowest BCUT2D eigenvalue weighted by atomic mass is 10.1. The second-order valence-electron chi connectivity index (χ2n) is 7.14. The van der Waals surface area contributed by atoms with Gasteiger partial charge >= 0.3 is 6.03 Å². The highest BCUT2D eigenvalue weighted by molar-refractivity contribution is 6.42. The number of ether oxygens (including phenoxy) is 1. The van der Waals surface area contributed by atoms with E-state index in [2.05, 4.69) is 0 Å². The van der Waals surface area contributed by atoms with Crippen molar-refractivity contribution in [3.05, 3.63) is 98.2 Å². The third kappa shape index (κ3) is 4.92. The molecule has 3 aromatic rings. The van der Waals surface area contributed by atoms with E-state index in [0.29, 0.717) is 26.3 Å². The van der Waals surface area contributed by atoms with Crippen LogP contribution in [0.5, 0.6) is 5.75 Å². The molecule has 6 nitrogen and oxygen atoms in total. The Morgan fingerprint density at radius 2 is 1.68 bits per heavy atom. The normalized spacial score (nSPS) is 15.0. The van der Waals surface area contributed by atoms with Crippen molar-refractivity contribution in [1.29, 1.82) is 0 Å². The number of imide groups is 2. The van der Waals surface area contributed by atoms with Gasteiger partial charge in [-0.2, -0.15) is 0 Å². The number of nitrogens with one attached hydrogen (secondary N) is 1. The van der Waals surface area contributed by atoms with E-state index in [9.17, 15) is 18.8 Å². The third-order valence-electron chi connectivity index (χ3n) is 4.84. The summed E-state index contributed by atoms with van der Waals surface area (Å²) < 4.78 is 19.9. The summed E-state index contributed by atoms with van der Waals surface area (Å²) in [6, 6.07) is 13.9. The van der Waals surface area contributed by atoms with Gasteiger partial charge in [0.15, 0.2) is 0 Å². The van der Waals surface area contributed by atoms with Gasteiger partial charge in [-0.1, -0.05) is 59.1 Å². The molecule has 4 amide bonds. The van der Waals surface area contributed by atoms with Crippen molar-refractivity contribution in [1.82, 2.24) is 5.32 Å². The van der Waals surface area contributed by atoms with Crippen LogP contribution in [0.25, 0.3) is 6.08 Å². The number of urea groups is 1. The van der Waals surface area contributed by atoms with Crippen LogP contribution in [-0.2, 0) is 16.2 Å². The van der Waals surface area contributed by atoms with Crippen LogP contribution in [0.15, 0.2) is 66.2 Å². The number of rotatable bonds is 5. The Kier molecular flexibility index (Phi) is 6.88. The number of hydrogen-bond donors (Lipinski definition) is 1. The fraction of sp³-hybridized carbons (Fsp3) is 0.0417. The van der Waals surface area contributed by atoms with Crippen LogP contribution in [0.4, 0.5) is 14.9 Å². The van der Waals surface area contributed by atoms with Gasteiger partial charge in [0.25, 0.3) is 11.8 Å². The summed E-state index contributed by atoms with van der Waals surface area (Å²) in [4.78, 5) is 38.0. The Balaban J connectivity index is 1.56. The number of benzene rings is 3. The molecule has 1 N–H and O–H groups in total. The zero-order chi connectivity index (χ0) is 24.4. The monoisotopic (exact) mass is 518 g/mol. The lowest BCUT2D eigenvalue weighted by Gasteiger charge is -2.26. The van der Waals surface area contributed by atoms with E-state index in [1.165, 1.54) is 30.3 Å². The molecule has 0 radical (unpaired) electrons. The molecule has 0 atom stereocenters. The molecule has 0 aromatic heterocycles. The Hall–Kier alpha value is -3.39. The number of nitrogens with zero attached hydrogens (tertiary/aromatic N) is 1. The van der Waals surface area contributed by atoms with Gasteiger partial charge in [0.1, 0.15) is 23.7 Å². The molecule has 4 rings (SSSR count). The van der Waals surface area contributed by atoms with Crippen molar-refractivity contribution >= 4 is 64.4 Å². The van der Waals surface area contributed by atoms with Gasteiger partial charge in [-0.05, 0) is 53.6 Å². The molecule has 1 aliphatic rings. The standard InChI is InChI=1S/C24H14Cl3FN2O4/c25-16-7-5-14(11-17(16)26)12-34-21-8-6-13(10-18(21)27)9-15-22(31)29-24(33)30(23(15)32)20-4-2-1-3-19(20)28/h1-11H,12H2,(H,29,31,33)/b15-9-. The minimum Gasteiger partial charge on any atom is -0.487 e. The molecule has 172 valence electrons. The Morgan fingerprint density at radius 3 is 2.38 bits per heavy atom. The van der Waals surface area contributed by atoms with Crippen molar-refractivity contribution in [3.8, 4) is 5.75 Å². The Labute approximate surface area is 208 Å². The highest BCUT2D eigenvalue weighted by atomic mass is 35.5. The number of carbonyl (C=O) groups excluding carboxylic acids is 3. The maximum Gasteiger partial charge on any atom is 0.336 e. The number of halogens is 4. The maximum absolute atomic E-state index is 14.2. The molecule has 0 saturated carbocycles. The van der Waals surface area contributed by atoms with Gasteiger partial charge < -0.3 is 4.74 Å². The molecule has 1 heterocycles. The minimum absolute atomic E-state index is 0.178. The number of hydrogen-bond acceptors (Lipinski definition) is 4. The second-order valence-corrected chi connectivity index (χ2v) is 8.36. The van der Waals surface area contributed by atoms with Gasteiger partial charge in [0.05, 0.1) is 20.8 Å². The number of para-hydroxylation sites is 1. The average molecular weight is 520 g/mol. The van der Waals surface area contributed by atoms with Crippen LogP contribution in [0.3, 0.4) is 0 Å². The van der Waals surface area contributed by atoms with Gasteiger partial charge in [-0.3, -0.25) is 14.9 Å². The van der Waals surface area contributed by atoms with Crippen LogP contribution >= 0.6 is 34.8 Å². The molecule has 0 bridgehead atoms. The molecular weight excluding hydrogens is 506 g/mol. The largest absolute Gasteiger partial charge is 0.487 e. The zero-order valence-electron chi connectivity index (χ0n) is 17.2. The molecule has 1 aliphatic heterocycles. The first-order chi connectivity index (χ1) is 16.2. The molecular formula is C24H14Cl3FN2O4. The summed E-state index contributed by atoms with van der Waals surface area (Å²) in [5, 5.41) is 3.09. The molecule has 1 saturated heterocycles. The summed E-state index contributed by atoms with van der Waals surface area (Å²) in [6.45, 7) is 0.178. The predicted molar refractivity (Wildman–Crippen MR) is 128 cm³/mol. The first kappa shape index (κ1) is 23.8. The third-order valence-corrected chi connectivity index (χ3v) is 5.87. The summed E-state index contributed by atoms with van der Waals surface area (Å²) in [6.07, 6.45) is 1.26. The lowest BCUT2D eigenvalue weighted by molar-refractivity contribution is -0.122. The lowest BCUT2D eigenvalue weighted by Crippen LogP contribution is -2.54. The van der Waals surface area contributed by atoms with Gasteiger partial charge in [-0.25, -0.2) is 14.1 Å². The first-order valence-electron chi connectivity index (χ1n) is 9.77. The smallest absolute Gasteiger partial charge is 0.336 e. The summed E-state index contributed by atoms with van der Waals surface area (Å²) in [7, 11) is 0. The van der Waals surface area contributed by atoms with E-state index in [1.54, 1.807) is 30.3 Å². The molecule has 0 spiro atoms. The number of anilines is 1. The number of carbonyl (C=O) groups is 3. The fourth-order valence-electron chi connectivity index (χ4n) is 3.19. The SMILES string of the molecule is O=C1NC(=O)N(c2ccccc2F)C(=O)/C1=C\c1ccc(OCc2ccc(Cl)c(Cl)c2)c(Cl)c1. The van der Waals surface area contributed by atoms with Crippen molar-refractivity contribution in [3.63, 3.8) is 0 Å². The predicted octanol–water partition coefficient (Wildman–Crippen LogP) is 6.03. The molecule has 10 heteroatoms. The van der Waals surface area contributed by atoms with Crippen molar-refractivity contribution in [2.45, 2.75) is 6.61 Å². The molecule has 0 aliphatic carbocycles. The summed E-state index contributed by atoms with van der Waals surface area (Å²) >= 11 is 18.2. The Bertz CT molecular complexity index is 1360. The van der Waals surface area contributed by atoms with Crippen LogP contribution < -0.4 is 15.0 Å². The fourth-order valence-corrected chi connectivity index (χ4v) is 3.75. The van der Waals surface area contributed by atoms with E-state index in [-0.39, 0.29) is 22.9 Å².